The number of nitrogens with zero attached hydrogens (tertiary/aromatic N) is 7. The molecule has 0 bridgehead atoms. The Labute approximate surface area is 205 Å². The lowest BCUT2D eigenvalue weighted by molar-refractivity contribution is -0.126. The molecule has 11 heteroatoms. The van der Waals surface area contributed by atoms with Gasteiger partial charge in [-0.15, -0.1) is 5.10 Å². The van der Waals surface area contributed by atoms with E-state index in [2.05, 4.69) is 25.3 Å². The summed E-state index contributed by atoms with van der Waals surface area (Å²) in [5.74, 6) is 0.334. The molecule has 36 heavy (non-hydrogen) atoms. The zero-order valence-electron chi connectivity index (χ0n) is 19.5. The van der Waals surface area contributed by atoms with Crippen molar-refractivity contribution in [1.29, 1.82) is 0 Å². The van der Waals surface area contributed by atoms with E-state index in [1.807, 2.05) is 53.4 Å². The number of aromatic amines is 1. The molecule has 1 aliphatic rings. The number of carbonyl (C=O) groups is 2. The van der Waals surface area contributed by atoms with Gasteiger partial charge in [-0.3, -0.25) is 9.59 Å². The molecule has 0 aliphatic carbocycles. The highest BCUT2D eigenvalue weighted by atomic mass is 16.5. The van der Waals surface area contributed by atoms with Crippen LogP contribution in [0.25, 0.3) is 27.8 Å². The van der Waals surface area contributed by atoms with E-state index in [1.54, 1.807) is 22.9 Å². The summed E-state index contributed by atoms with van der Waals surface area (Å²) in [5, 5.41) is 9.37. The minimum atomic E-state index is -0.508. The van der Waals surface area contributed by atoms with Crippen LogP contribution in [0.3, 0.4) is 0 Å². The minimum absolute atomic E-state index is 0.391. The summed E-state index contributed by atoms with van der Waals surface area (Å²) in [6.45, 7) is 1.79. The molecule has 180 valence electrons. The lowest BCUT2D eigenvalue weighted by Gasteiger charge is -2.34. The van der Waals surface area contributed by atoms with Crippen molar-refractivity contribution in [3.8, 4) is 11.4 Å². The maximum atomic E-state index is 13.0. The number of rotatable bonds is 5. The molecule has 0 unspecified atom stereocenters. The number of aromatic nitrogens is 6. The molecule has 2 aromatic carbocycles. The van der Waals surface area contributed by atoms with Crippen molar-refractivity contribution in [1.82, 2.24) is 34.8 Å². The monoisotopic (exact) mass is 482 g/mol. The van der Waals surface area contributed by atoms with Gasteiger partial charge in [0, 0.05) is 49.3 Å². The Kier molecular flexibility index (Phi) is 5.29. The Balaban J connectivity index is 1.20. The standard InChI is InChI=1S/C25H22N8O3/c1-36-17-6-4-5-16(13-17)33-24-21(29-30-33)23(27-15-28-24)31-9-11-32(12-10-31)25(35)22(34)19-14-26-20-8-3-2-7-18(19)20/h2-8,13-15,26H,9-12H2,1H3. The summed E-state index contributed by atoms with van der Waals surface area (Å²) in [6.07, 6.45) is 3.08. The number of nitrogens with one attached hydrogen (secondary N) is 1. The van der Waals surface area contributed by atoms with Crippen molar-refractivity contribution < 1.29 is 14.3 Å². The quantitative estimate of drug-likeness (QED) is 0.299. The number of methoxy groups -OCH3 is 1. The smallest absolute Gasteiger partial charge is 0.295 e. The average Bonchev–Trinajstić information content (AvgIpc) is 3.57. The van der Waals surface area contributed by atoms with Crippen molar-refractivity contribution in [3.05, 3.63) is 66.6 Å². The van der Waals surface area contributed by atoms with Gasteiger partial charge in [-0.1, -0.05) is 29.5 Å². The highest BCUT2D eigenvalue weighted by molar-refractivity contribution is 6.44. The Bertz CT molecular complexity index is 1600. The molecule has 0 spiro atoms. The molecule has 1 aliphatic heterocycles. The van der Waals surface area contributed by atoms with Gasteiger partial charge in [-0.05, 0) is 18.2 Å². The second-order valence-electron chi connectivity index (χ2n) is 8.43. The van der Waals surface area contributed by atoms with E-state index >= 15 is 0 Å². The minimum Gasteiger partial charge on any atom is -0.497 e. The summed E-state index contributed by atoms with van der Waals surface area (Å²) in [5.41, 5.74) is 3.13. The average molecular weight is 483 g/mol. The van der Waals surface area contributed by atoms with Gasteiger partial charge in [0.2, 0.25) is 0 Å². The van der Waals surface area contributed by atoms with Gasteiger partial charge in [-0.25, -0.2) is 9.97 Å². The van der Waals surface area contributed by atoms with E-state index in [0.29, 0.717) is 54.5 Å². The summed E-state index contributed by atoms with van der Waals surface area (Å²) in [6, 6.07) is 14.9. The van der Waals surface area contributed by atoms with Gasteiger partial charge in [-0.2, -0.15) is 4.68 Å². The van der Waals surface area contributed by atoms with Gasteiger partial charge in [0.25, 0.3) is 11.7 Å². The van der Waals surface area contributed by atoms with Crippen LogP contribution in [0.5, 0.6) is 5.75 Å². The van der Waals surface area contributed by atoms with E-state index in [0.717, 1.165) is 16.6 Å². The molecule has 3 aromatic heterocycles. The van der Waals surface area contributed by atoms with Crippen molar-refractivity contribution in [2.24, 2.45) is 0 Å². The number of para-hydroxylation sites is 1. The molecule has 5 aromatic rings. The van der Waals surface area contributed by atoms with Crippen molar-refractivity contribution >= 4 is 39.6 Å². The van der Waals surface area contributed by atoms with Gasteiger partial charge in [0.1, 0.15) is 12.1 Å². The zero-order valence-corrected chi connectivity index (χ0v) is 19.5. The van der Waals surface area contributed by atoms with E-state index < -0.39 is 11.7 Å². The zero-order chi connectivity index (χ0) is 24.6. The largest absolute Gasteiger partial charge is 0.497 e. The summed E-state index contributed by atoms with van der Waals surface area (Å²) in [4.78, 5) is 41.5. The van der Waals surface area contributed by atoms with Crippen LogP contribution in [-0.2, 0) is 4.79 Å². The lowest BCUT2D eigenvalue weighted by atomic mass is 10.1. The van der Waals surface area contributed by atoms with Crippen molar-refractivity contribution in [2.45, 2.75) is 0 Å². The van der Waals surface area contributed by atoms with Gasteiger partial charge < -0.3 is 19.5 Å². The van der Waals surface area contributed by atoms with Crippen LogP contribution in [0.15, 0.2) is 61.1 Å². The Morgan fingerprint density at radius 2 is 1.83 bits per heavy atom. The van der Waals surface area contributed by atoms with Crippen LogP contribution in [-0.4, -0.2) is 79.8 Å². The molecule has 0 radical (unpaired) electrons. The molecule has 0 atom stereocenters. The highest BCUT2D eigenvalue weighted by Gasteiger charge is 2.29. The molecule has 1 saturated heterocycles. The lowest BCUT2D eigenvalue weighted by Crippen LogP contribution is -2.51. The number of hydrogen-bond acceptors (Lipinski definition) is 8. The maximum absolute atomic E-state index is 13.0. The SMILES string of the molecule is COc1cccc(-n2nnc3c(N4CCN(C(=O)C(=O)c5c[nH]c6ccccc56)CC4)ncnc32)c1. The van der Waals surface area contributed by atoms with Crippen molar-refractivity contribution in [3.63, 3.8) is 0 Å². The topological polar surface area (TPSA) is 122 Å². The molecule has 1 fully saturated rings. The Hall–Kier alpha value is -4.80. The number of ketones is 1. The third-order valence-electron chi connectivity index (χ3n) is 6.41. The van der Waals surface area contributed by atoms with Crippen LogP contribution in [0.1, 0.15) is 10.4 Å². The second-order valence-corrected chi connectivity index (χ2v) is 8.43. The fourth-order valence-corrected chi connectivity index (χ4v) is 4.52. The fraction of sp³-hybridized carbons (Fsp3) is 0.200. The number of Topliss-reactive ketones (excluding diaryl/α,β-unsaturated/α-hetero) is 1. The van der Waals surface area contributed by atoms with Gasteiger partial charge in [0.15, 0.2) is 17.0 Å². The summed E-state index contributed by atoms with van der Waals surface area (Å²) < 4.78 is 6.96. The normalized spacial score (nSPS) is 13.9. The van der Waals surface area contributed by atoms with Crippen molar-refractivity contribution in [2.75, 3.05) is 38.2 Å². The summed E-state index contributed by atoms with van der Waals surface area (Å²) >= 11 is 0. The van der Waals surface area contributed by atoms with Crippen LogP contribution in [0.4, 0.5) is 5.82 Å². The van der Waals surface area contributed by atoms with E-state index in [-0.39, 0.29) is 0 Å². The first-order chi connectivity index (χ1) is 17.6. The third kappa shape index (κ3) is 3.61. The number of amides is 1. The van der Waals surface area contributed by atoms with Gasteiger partial charge >= 0.3 is 0 Å². The molecule has 6 rings (SSSR count). The predicted molar refractivity (Wildman–Crippen MR) is 132 cm³/mol. The van der Waals surface area contributed by atoms with E-state index in [9.17, 15) is 9.59 Å². The number of ether oxygens (including phenoxy) is 1. The first-order valence-electron chi connectivity index (χ1n) is 11.5. The predicted octanol–water partition coefficient (Wildman–Crippen LogP) is 2.23. The first-order valence-corrected chi connectivity index (χ1v) is 11.5. The van der Waals surface area contributed by atoms with E-state index in [4.69, 9.17) is 4.74 Å². The molecule has 11 nitrogen and oxygen atoms in total. The van der Waals surface area contributed by atoms with E-state index in [1.165, 1.54) is 6.33 Å². The second kappa shape index (κ2) is 8.77. The maximum Gasteiger partial charge on any atom is 0.295 e. The molecular weight excluding hydrogens is 460 g/mol. The fourth-order valence-electron chi connectivity index (χ4n) is 4.52. The number of piperazine rings is 1. The molecule has 0 saturated carbocycles. The van der Waals surface area contributed by atoms with Crippen LogP contribution < -0.4 is 9.64 Å². The molecule has 1 N–H and O–H groups in total. The summed E-state index contributed by atoms with van der Waals surface area (Å²) in [7, 11) is 1.61. The van der Waals surface area contributed by atoms with Crippen LogP contribution in [0, 0.1) is 0 Å². The van der Waals surface area contributed by atoms with Crippen LogP contribution in [0.2, 0.25) is 0 Å². The Morgan fingerprint density at radius 3 is 2.67 bits per heavy atom. The number of fused-ring (bicyclic) bond motifs is 2. The number of H-pyrrole nitrogens is 1. The number of anilines is 1. The number of benzene rings is 2. The highest BCUT2D eigenvalue weighted by Crippen LogP contribution is 2.25. The number of hydrogen-bond donors (Lipinski definition) is 1. The molecule has 1 amide bonds. The Morgan fingerprint density at radius 1 is 1.00 bits per heavy atom. The molecular formula is C25H22N8O3. The number of carbonyl (C=O) groups excluding carboxylic acids is 2. The molecule has 4 heterocycles. The van der Waals surface area contributed by atoms with Crippen LogP contribution >= 0.6 is 0 Å². The van der Waals surface area contributed by atoms with Gasteiger partial charge in [0.05, 0.1) is 18.4 Å². The third-order valence-corrected chi connectivity index (χ3v) is 6.41. The first kappa shape index (κ1) is 21.7.